The molecule has 2 heterocycles. The zero-order chi connectivity index (χ0) is 13.1. The number of hydrogen-bond acceptors (Lipinski definition) is 5. The molecule has 0 aliphatic heterocycles. The van der Waals surface area contributed by atoms with Gasteiger partial charge in [-0.1, -0.05) is 11.6 Å². The maximum Gasteiger partial charge on any atom is 0.255 e. The number of nitrogens with zero attached hydrogens (tertiary/aromatic N) is 4. The molecule has 0 fully saturated rings. The van der Waals surface area contributed by atoms with Crippen molar-refractivity contribution < 1.29 is 4.79 Å². The summed E-state index contributed by atoms with van der Waals surface area (Å²) >= 11 is 6.01. The Bertz CT molecular complexity index is 581. The second-order valence-electron chi connectivity index (χ2n) is 3.76. The molecule has 0 saturated carbocycles. The van der Waals surface area contributed by atoms with Gasteiger partial charge in [-0.2, -0.15) is 19.6 Å². The molecule has 0 radical (unpaired) electrons. The molecule has 0 spiro atoms. The minimum absolute atomic E-state index is 0.0628. The molecule has 7 nitrogen and oxygen atoms in total. The number of amides is 1. The van der Waals surface area contributed by atoms with Gasteiger partial charge in [0.05, 0.1) is 0 Å². The Hall–Kier alpha value is -1.89. The van der Waals surface area contributed by atoms with Gasteiger partial charge in [0, 0.05) is 25.6 Å². The molecule has 0 aliphatic rings. The van der Waals surface area contributed by atoms with Crippen LogP contribution in [0.15, 0.2) is 6.33 Å². The topological polar surface area (TPSA) is 84.2 Å². The first-order valence-electron chi connectivity index (χ1n) is 5.43. The fourth-order valence-electron chi connectivity index (χ4n) is 1.52. The van der Waals surface area contributed by atoms with Crippen molar-refractivity contribution in [1.29, 1.82) is 0 Å². The molecule has 0 aromatic carbocycles. The van der Waals surface area contributed by atoms with Gasteiger partial charge >= 0.3 is 0 Å². The van der Waals surface area contributed by atoms with Crippen LogP contribution in [0.2, 0.25) is 5.15 Å². The van der Waals surface area contributed by atoms with Crippen LogP contribution in [0.3, 0.4) is 0 Å². The van der Waals surface area contributed by atoms with E-state index in [1.54, 1.807) is 4.52 Å². The average Bonchev–Trinajstić information content (AvgIpc) is 2.76. The van der Waals surface area contributed by atoms with Crippen LogP contribution in [0.25, 0.3) is 5.78 Å². The van der Waals surface area contributed by atoms with E-state index in [0.29, 0.717) is 24.0 Å². The van der Waals surface area contributed by atoms with E-state index in [0.717, 1.165) is 11.4 Å². The lowest BCUT2D eigenvalue weighted by atomic mass is 10.3. The Balaban J connectivity index is 2.18. The third-order valence-electron chi connectivity index (χ3n) is 2.40. The van der Waals surface area contributed by atoms with Crippen molar-refractivity contribution in [3.05, 3.63) is 17.0 Å². The maximum absolute atomic E-state index is 10.7. The van der Waals surface area contributed by atoms with Crippen LogP contribution in [0, 0.1) is 6.92 Å². The summed E-state index contributed by atoms with van der Waals surface area (Å²) in [6.07, 6.45) is 1.41. The predicted octanol–water partition coefficient (Wildman–Crippen LogP) is 0.634. The third-order valence-corrected chi connectivity index (χ3v) is 2.76. The molecule has 2 N–H and O–H groups in total. The normalized spacial score (nSPS) is 10.6. The van der Waals surface area contributed by atoms with Gasteiger partial charge in [0.1, 0.15) is 17.3 Å². The summed E-state index contributed by atoms with van der Waals surface area (Å²) in [5.74, 6) is 1.10. The molecular weight excluding hydrogens is 256 g/mol. The number of halogens is 1. The molecule has 2 aromatic heterocycles. The summed E-state index contributed by atoms with van der Waals surface area (Å²) in [4.78, 5) is 18.8. The van der Waals surface area contributed by atoms with Crippen LogP contribution in [-0.4, -0.2) is 38.6 Å². The summed E-state index contributed by atoms with van der Waals surface area (Å²) < 4.78 is 1.58. The minimum atomic E-state index is -0.0628. The summed E-state index contributed by atoms with van der Waals surface area (Å²) in [5, 5.41) is 10.3. The number of rotatable bonds is 4. The van der Waals surface area contributed by atoms with Crippen LogP contribution in [0.1, 0.15) is 12.5 Å². The molecule has 8 heteroatoms. The van der Waals surface area contributed by atoms with Crippen LogP contribution in [0.5, 0.6) is 0 Å². The molecule has 0 aliphatic carbocycles. The lowest BCUT2D eigenvalue weighted by Crippen LogP contribution is -2.27. The Morgan fingerprint density at radius 2 is 2.28 bits per heavy atom. The van der Waals surface area contributed by atoms with E-state index in [4.69, 9.17) is 11.6 Å². The van der Waals surface area contributed by atoms with Gasteiger partial charge in [-0.3, -0.25) is 4.79 Å². The van der Waals surface area contributed by atoms with Gasteiger partial charge in [-0.25, -0.2) is 0 Å². The van der Waals surface area contributed by atoms with Gasteiger partial charge in [-0.05, 0) is 6.92 Å². The highest BCUT2D eigenvalue weighted by molar-refractivity contribution is 6.30. The van der Waals surface area contributed by atoms with Gasteiger partial charge in [-0.15, -0.1) is 0 Å². The Morgan fingerprint density at radius 1 is 1.50 bits per heavy atom. The summed E-state index contributed by atoms with van der Waals surface area (Å²) in [6.45, 7) is 4.40. The van der Waals surface area contributed by atoms with Crippen molar-refractivity contribution in [3.8, 4) is 0 Å². The van der Waals surface area contributed by atoms with E-state index in [-0.39, 0.29) is 5.91 Å². The number of carbonyl (C=O) groups is 1. The quantitative estimate of drug-likeness (QED) is 0.628. The first-order chi connectivity index (χ1) is 8.59. The minimum Gasteiger partial charge on any atom is -0.368 e. The molecule has 1 amide bonds. The zero-order valence-electron chi connectivity index (χ0n) is 10.1. The Morgan fingerprint density at radius 3 is 3.00 bits per heavy atom. The van der Waals surface area contributed by atoms with Crippen molar-refractivity contribution in [3.63, 3.8) is 0 Å². The fourth-order valence-corrected chi connectivity index (χ4v) is 1.69. The van der Waals surface area contributed by atoms with Gasteiger partial charge in [0.25, 0.3) is 5.78 Å². The molecule has 2 aromatic rings. The fraction of sp³-hybridized carbons (Fsp3) is 0.400. The van der Waals surface area contributed by atoms with Gasteiger partial charge in [0.15, 0.2) is 0 Å². The third kappa shape index (κ3) is 2.51. The number of fused-ring (bicyclic) bond motifs is 1. The summed E-state index contributed by atoms with van der Waals surface area (Å²) in [5.41, 5.74) is 0.789. The van der Waals surface area contributed by atoms with Crippen LogP contribution >= 0.6 is 11.6 Å². The van der Waals surface area contributed by atoms with Crippen LogP contribution in [-0.2, 0) is 4.79 Å². The molecule has 96 valence electrons. The average molecular weight is 269 g/mol. The summed E-state index contributed by atoms with van der Waals surface area (Å²) in [7, 11) is 0. The van der Waals surface area contributed by atoms with Crippen molar-refractivity contribution in [2.75, 3.05) is 18.4 Å². The molecule has 18 heavy (non-hydrogen) atoms. The van der Waals surface area contributed by atoms with Crippen molar-refractivity contribution >= 4 is 29.1 Å². The molecule has 2 rings (SSSR count). The standard InChI is InChI=1S/C10H13ClN6O/c1-6-8(11)16-10-14-5-15-17(10)9(6)13-4-3-12-7(2)18/h5,13H,3-4H2,1-2H3,(H,12,18). The van der Waals surface area contributed by atoms with E-state index in [9.17, 15) is 4.79 Å². The van der Waals surface area contributed by atoms with Gasteiger partial charge in [0.2, 0.25) is 5.91 Å². The van der Waals surface area contributed by atoms with E-state index >= 15 is 0 Å². The van der Waals surface area contributed by atoms with Crippen LogP contribution < -0.4 is 10.6 Å². The molecule has 0 saturated heterocycles. The maximum atomic E-state index is 10.7. The largest absolute Gasteiger partial charge is 0.368 e. The highest BCUT2D eigenvalue weighted by Crippen LogP contribution is 2.21. The first-order valence-corrected chi connectivity index (χ1v) is 5.81. The monoisotopic (exact) mass is 268 g/mol. The van der Waals surface area contributed by atoms with Crippen molar-refractivity contribution in [2.24, 2.45) is 0 Å². The second-order valence-corrected chi connectivity index (χ2v) is 4.12. The SMILES string of the molecule is CC(=O)NCCNc1c(C)c(Cl)nc2ncnn12. The van der Waals surface area contributed by atoms with E-state index in [1.807, 2.05) is 6.92 Å². The van der Waals surface area contributed by atoms with E-state index in [1.165, 1.54) is 13.3 Å². The molecule has 0 bridgehead atoms. The lowest BCUT2D eigenvalue weighted by Gasteiger charge is -2.11. The first kappa shape index (κ1) is 12.6. The highest BCUT2D eigenvalue weighted by atomic mass is 35.5. The van der Waals surface area contributed by atoms with Crippen molar-refractivity contribution in [2.45, 2.75) is 13.8 Å². The number of nitrogens with one attached hydrogen (secondary N) is 2. The number of anilines is 1. The number of aromatic nitrogens is 4. The Kier molecular flexibility index (Phi) is 3.61. The van der Waals surface area contributed by atoms with Gasteiger partial charge < -0.3 is 10.6 Å². The molecular formula is C10H13ClN6O. The molecule has 0 unspecified atom stereocenters. The van der Waals surface area contributed by atoms with Crippen LogP contribution in [0.4, 0.5) is 5.82 Å². The lowest BCUT2D eigenvalue weighted by molar-refractivity contribution is -0.118. The summed E-state index contributed by atoms with van der Waals surface area (Å²) in [6, 6.07) is 0. The van der Waals surface area contributed by atoms with Crippen molar-refractivity contribution in [1.82, 2.24) is 24.9 Å². The highest BCUT2D eigenvalue weighted by Gasteiger charge is 2.11. The predicted molar refractivity (Wildman–Crippen MR) is 67.7 cm³/mol. The molecule has 0 atom stereocenters. The van der Waals surface area contributed by atoms with E-state index in [2.05, 4.69) is 25.7 Å². The smallest absolute Gasteiger partial charge is 0.255 e. The number of carbonyl (C=O) groups excluding carboxylic acids is 1. The zero-order valence-corrected chi connectivity index (χ0v) is 10.8. The van der Waals surface area contributed by atoms with E-state index < -0.39 is 0 Å². The number of hydrogen-bond donors (Lipinski definition) is 2. The second kappa shape index (κ2) is 5.18. The Labute approximate surface area is 109 Å².